The van der Waals surface area contributed by atoms with Crippen LogP contribution in [0.4, 0.5) is 0 Å². The Hall–Kier alpha value is -1.39. The lowest BCUT2D eigenvalue weighted by atomic mass is 10.0. The van der Waals surface area contributed by atoms with Crippen LogP contribution in [0.5, 0.6) is 0 Å². The van der Waals surface area contributed by atoms with E-state index in [1.807, 2.05) is 6.08 Å². The largest absolute Gasteiger partial charge is 0.394 e. The number of allylic oxidation sites excluding steroid dienone is 5. The van der Waals surface area contributed by atoms with E-state index in [4.69, 9.17) is 0 Å². The molecule has 0 aliphatic carbocycles. The third kappa shape index (κ3) is 29.9. The lowest BCUT2D eigenvalue weighted by Gasteiger charge is -2.19. The van der Waals surface area contributed by atoms with E-state index < -0.39 is 12.1 Å². The quantitative estimate of drug-likeness (QED) is 0.0569. The normalized spacial score (nSPS) is 13.6. The van der Waals surface area contributed by atoms with E-state index in [2.05, 4.69) is 43.5 Å². The molecule has 0 heterocycles. The van der Waals surface area contributed by atoms with E-state index in [-0.39, 0.29) is 12.5 Å². The first-order chi connectivity index (χ1) is 20.2. The van der Waals surface area contributed by atoms with Gasteiger partial charge in [0.2, 0.25) is 5.91 Å². The Morgan fingerprint density at radius 1 is 0.561 bits per heavy atom. The smallest absolute Gasteiger partial charge is 0.220 e. The number of carbonyl (C=O) groups excluding carboxylic acids is 1. The molecule has 41 heavy (non-hydrogen) atoms. The molecule has 0 rings (SSSR count). The van der Waals surface area contributed by atoms with Crippen LogP contribution < -0.4 is 5.32 Å². The Balaban J connectivity index is 3.67. The topological polar surface area (TPSA) is 69.6 Å². The first kappa shape index (κ1) is 39.6. The zero-order valence-corrected chi connectivity index (χ0v) is 27.3. The van der Waals surface area contributed by atoms with Crippen LogP contribution in [0.1, 0.15) is 174 Å². The lowest BCUT2D eigenvalue weighted by Crippen LogP contribution is -2.45. The maximum Gasteiger partial charge on any atom is 0.220 e. The third-order valence-electron chi connectivity index (χ3n) is 7.85. The van der Waals surface area contributed by atoms with Crippen LogP contribution in [0.15, 0.2) is 36.5 Å². The molecule has 0 aromatic carbocycles. The van der Waals surface area contributed by atoms with Gasteiger partial charge in [-0.25, -0.2) is 0 Å². The van der Waals surface area contributed by atoms with Gasteiger partial charge in [-0.2, -0.15) is 0 Å². The fourth-order valence-corrected chi connectivity index (χ4v) is 5.05. The molecule has 2 atom stereocenters. The molecule has 240 valence electrons. The van der Waals surface area contributed by atoms with Gasteiger partial charge in [-0.15, -0.1) is 0 Å². The number of amides is 1. The van der Waals surface area contributed by atoms with Crippen LogP contribution in [0.3, 0.4) is 0 Å². The van der Waals surface area contributed by atoms with Gasteiger partial charge in [-0.05, 0) is 51.4 Å². The second-order valence-electron chi connectivity index (χ2n) is 11.9. The van der Waals surface area contributed by atoms with Gasteiger partial charge in [0, 0.05) is 6.42 Å². The molecule has 0 aromatic rings. The van der Waals surface area contributed by atoms with Gasteiger partial charge in [-0.3, -0.25) is 4.79 Å². The minimum atomic E-state index is -0.863. The summed E-state index contributed by atoms with van der Waals surface area (Å²) in [7, 11) is 0. The number of aliphatic hydroxyl groups is 2. The second-order valence-corrected chi connectivity index (χ2v) is 11.9. The minimum Gasteiger partial charge on any atom is -0.394 e. The van der Waals surface area contributed by atoms with E-state index in [1.165, 1.54) is 109 Å². The minimum absolute atomic E-state index is 0.0907. The van der Waals surface area contributed by atoms with Crippen LogP contribution in [-0.4, -0.2) is 34.9 Å². The number of hydrogen-bond acceptors (Lipinski definition) is 3. The monoisotopic (exact) mass is 576 g/mol. The van der Waals surface area contributed by atoms with Crippen molar-refractivity contribution >= 4 is 5.91 Å². The molecule has 1 amide bonds. The highest BCUT2D eigenvalue weighted by Gasteiger charge is 2.17. The van der Waals surface area contributed by atoms with E-state index in [9.17, 15) is 15.0 Å². The number of carbonyl (C=O) groups is 1. The van der Waals surface area contributed by atoms with Crippen molar-refractivity contribution in [2.45, 2.75) is 187 Å². The van der Waals surface area contributed by atoms with Crippen molar-refractivity contribution in [3.05, 3.63) is 36.5 Å². The van der Waals surface area contributed by atoms with Gasteiger partial charge < -0.3 is 15.5 Å². The summed E-state index contributed by atoms with van der Waals surface area (Å²) in [6, 6.07) is -0.641. The molecule has 0 saturated carbocycles. The average Bonchev–Trinajstić information content (AvgIpc) is 2.97. The molecular formula is C37H69NO3. The van der Waals surface area contributed by atoms with E-state index >= 15 is 0 Å². The first-order valence-corrected chi connectivity index (χ1v) is 17.7. The van der Waals surface area contributed by atoms with Crippen molar-refractivity contribution in [3.63, 3.8) is 0 Å². The van der Waals surface area contributed by atoms with Crippen LogP contribution in [0, 0.1) is 0 Å². The van der Waals surface area contributed by atoms with Crippen LogP contribution in [0.2, 0.25) is 0 Å². The SMILES string of the molecule is CCCC/C=C\CCCCCCC(=O)NC(CO)C(O)/C=C/CC/C=C/CCCCCCCCCCCCCCC. The molecule has 0 saturated heterocycles. The van der Waals surface area contributed by atoms with Crippen molar-refractivity contribution in [2.75, 3.05) is 6.61 Å². The van der Waals surface area contributed by atoms with Gasteiger partial charge in [0.25, 0.3) is 0 Å². The Kier molecular flexibility index (Phi) is 32.0. The molecular weight excluding hydrogens is 506 g/mol. The lowest BCUT2D eigenvalue weighted by molar-refractivity contribution is -0.123. The summed E-state index contributed by atoms with van der Waals surface area (Å²) in [4.78, 5) is 12.2. The molecule has 4 heteroatoms. The molecule has 0 radical (unpaired) electrons. The van der Waals surface area contributed by atoms with Gasteiger partial charge in [0.15, 0.2) is 0 Å². The standard InChI is InChI=1S/C37H69NO3/c1-3-5-7-9-11-13-15-16-17-18-19-20-21-22-23-24-26-28-30-32-36(40)35(34-39)38-37(41)33-31-29-27-25-14-12-10-8-6-4-2/h10,12,23-24,30,32,35-36,39-40H,3-9,11,13-22,25-29,31,33-34H2,1-2H3,(H,38,41)/b12-10-,24-23+,32-30+. The van der Waals surface area contributed by atoms with E-state index in [0.29, 0.717) is 6.42 Å². The second kappa shape index (κ2) is 33.1. The molecule has 3 N–H and O–H groups in total. The maximum atomic E-state index is 12.2. The summed E-state index contributed by atoms with van der Waals surface area (Å²) >= 11 is 0. The van der Waals surface area contributed by atoms with E-state index in [0.717, 1.165) is 44.9 Å². The number of hydrogen-bond donors (Lipinski definition) is 3. The third-order valence-corrected chi connectivity index (χ3v) is 7.85. The summed E-state index contributed by atoms with van der Waals surface area (Å²) in [6.07, 6.45) is 42.3. The molecule has 0 aliphatic heterocycles. The molecule has 0 bridgehead atoms. The number of nitrogens with one attached hydrogen (secondary N) is 1. The first-order valence-electron chi connectivity index (χ1n) is 17.7. The van der Waals surface area contributed by atoms with Crippen molar-refractivity contribution in [1.82, 2.24) is 5.32 Å². The van der Waals surface area contributed by atoms with E-state index in [1.54, 1.807) is 6.08 Å². The summed E-state index contributed by atoms with van der Waals surface area (Å²) in [6.45, 7) is 4.23. The highest BCUT2D eigenvalue weighted by Crippen LogP contribution is 2.13. The van der Waals surface area contributed by atoms with Gasteiger partial charge >= 0.3 is 0 Å². The van der Waals surface area contributed by atoms with Gasteiger partial charge in [0.05, 0.1) is 18.8 Å². The Morgan fingerprint density at radius 3 is 1.49 bits per heavy atom. The fraction of sp³-hybridized carbons (Fsp3) is 0.811. The summed E-state index contributed by atoms with van der Waals surface area (Å²) in [5.74, 6) is -0.0907. The van der Waals surface area contributed by atoms with Crippen molar-refractivity contribution < 1.29 is 15.0 Å². The predicted molar refractivity (Wildman–Crippen MR) is 179 cm³/mol. The highest BCUT2D eigenvalue weighted by atomic mass is 16.3. The van der Waals surface area contributed by atoms with Crippen molar-refractivity contribution in [3.8, 4) is 0 Å². The van der Waals surface area contributed by atoms with Crippen molar-refractivity contribution in [2.24, 2.45) is 0 Å². The molecule has 2 unspecified atom stereocenters. The molecule has 0 aromatic heterocycles. The van der Waals surface area contributed by atoms with Crippen LogP contribution in [-0.2, 0) is 4.79 Å². The van der Waals surface area contributed by atoms with Crippen LogP contribution >= 0.6 is 0 Å². The summed E-state index contributed by atoms with van der Waals surface area (Å²) < 4.78 is 0. The van der Waals surface area contributed by atoms with Crippen LogP contribution in [0.25, 0.3) is 0 Å². The number of aliphatic hydroxyl groups excluding tert-OH is 2. The number of unbranched alkanes of at least 4 members (excludes halogenated alkanes) is 20. The Bertz CT molecular complexity index is 628. The van der Waals surface area contributed by atoms with Crippen molar-refractivity contribution in [1.29, 1.82) is 0 Å². The molecule has 0 aliphatic rings. The Morgan fingerprint density at radius 2 is 0.976 bits per heavy atom. The zero-order chi connectivity index (χ0) is 30.1. The zero-order valence-electron chi connectivity index (χ0n) is 27.3. The molecule has 4 nitrogen and oxygen atoms in total. The summed E-state index contributed by atoms with van der Waals surface area (Å²) in [5.41, 5.74) is 0. The molecule has 0 spiro atoms. The maximum absolute atomic E-state index is 12.2. The Labute approximate surface area is 255 Å². The summed E-state index contributed by atoms with van der Waals surface area (Å²) in [5, 5.41) is 22.8. The average molecular weight is 576 g/mol. The highest BCUT2D eigenvalue weighted by molar-refractivity contribution is 5.76. The molecule has 0 fully saturated rings. The predicted octanol–water partition coefficient (Wildman–Crippen LogP) is 10.3. The number of rotatable bonds is 31. The van der Waals surface area contributed by atoms with Gasteiger partial charge in [-0.1, -0.05) is 153 Å². The van der Waals surface area contributed by atoms with Gasteiger partial charge in [0.1, 0.15) is 0 Å². The fourth-order valence-electron chi connectivity index (χ4n) is 5.05.